The second-order valence-corrected chi connectivity index (χ2v) is 6.97. The number of nitrogens with zero attached hydrogens (tertiary/aromatic N) is 1. The molecule has 3 rings (SSSR count). The van der Waals surface area contributed by atoms with Crippen molar-refractivity contribution >= 4 is 56.2 Å². The maximum atomic E-state index is 12.0. The summed E-state index contributed by atoms with van der Waals surface area (Å²) in [4.78, 5) is 17.3. The number of rotatable bonds is 4. The van der Waals surface area contributed by atoms with Crippen molar-refractivity contribution in [1.29, 1.82) is 0 Å². The minimum atomic E-state index is -0.313. The van der Waals surface area contributed by atoms with E-state index in [1.165, 1.54) is 11.3 Å². The Hall–Kier alpha value is -2.64. The molecule has 0 aliphatic rings. The fourth-order valence-corrected chi connectivity index (χ4v) is 3.12. The summed E-state index contributed by atoms with van der Waals surface area (Å²) in [5.74, 6) is 0.475. The first-order valence-electron chi connectivity index (χ1n) is 7.42. The van der Waals surface area contributed by atoms with E-state index in [2.05, 4.69) is 31.6 Å². The third-order valence-electron chi connectivity index (χ3n) is 3.23. The van der Waals surface area contributed by atoms with Crippen molar-refractivity contribution in [3.63, 3.8) is 0 Å². The van der Waals surface area contributed by atoms with Crippen LogP contribution in [0, 0.1) is 0 Å². The highest BCUT2D eigenvalue weighted by atomic mass is 79.9. The third-order valence-corrected chi connectivity index (χ3v) is 4.62. The topological polar surface area (TPSA) is 79.5 Å². The van der Waals surface area contributed by atoms with Gasteiger partial charge in [0.2, 0.25) is 0 Å². The van der Waals surface area contributed by atoms with E-state index >= 15 is 0 Å². The number of amides is 2. The monoisotopic (exact) mass is 414 g/mol. The zero-order valence-electron chi connectivity index (χ0n) is 13.1. The number of thiophene rings is 1. The Labute approximate surface area is 157 Å². The van der Waals surface area contributed by atoms with E-state index in [4.69, 9.17) is 5.73 Å². The highest BCUT2D eigenvalue weighted by molar-refractivity contribution is 9.10. The van der Waals surface area contributed by atoms with E-state index < -0.39 is 0 Å². The molecule has 126 valence electrons. The van der Waals surface area contributed by atoms with E-state index in [0.717, 1.165) is 15.0 Å². The molecule has 0 saturated heterocycles. The second-order valence-electron chi connectivity index (χ2n) is 5.11. The molecule has 2 amide bonds. The lowest BCUT2D eigenvalue weighted by atomic mass is 10.3. The van der Waals surface area contributed by atoms with Crippen LogP contribution in [0.5, 0.6) is 0 Å². The molecule has 0 atom stereocenters. The van der Waals surface area contributed by atoms with Crippen molar-refractivity contribution < 1.29 is 4.79 Å². The maximum Gasteiger partial charge on any atom is 0.323 e. The standard InChI is InChI=1S/C18H15BrN4OS/c19-12-3-1-4-15(11-12)23-18(24)22-14-8-6-13(7-9-14)21-17(20)16-5-2-10-25-16/h1-11H,(H2,20,21)(H2,22,23,24). The lowest BCUT2D eigenvalue weighted by molar-refractivity contribution is 0.262. The summed E-state index contributed by atoms with van der Waals surface area (Å²) < 4.78 is 0.899. The SMILES string of the molecule is NC(=Nc1ccc(NC(=O)Nc2cccc(Br)c2)cc1)c1cccs1. The minimum absolute atomic E-state index is 0.313. The molecule has 0 aliphatic carbocycles. The van der Waals surface area contributed by atoms with Crippen LogP contribution < -0.4 is 16.4 Å². The van der Waals surface area contributed by atoms with Gasteiger partial charge in [-0.05, 0) is 53.9 Å². The van der Waals surface area contributed by atoms with Gasteiger partial charge in [0.25, 0.3) is 0 Å². The van der Waals surface area contributed by atoms with Crippen LogP contribution >= 0.6 is 27.3 Å². The third kappa shape index (κ3) is 4.91. The minimum Gasteiger partial charge on any atom is -0.383 e. The van der Waals surface area contributed by atoms with Crippen LogP contribution in [0.15, 0.2) is 75.5 Å². The van der Waals surface area contributed by atoms with Crippen LogP contribution in [-0.4, -0.2) is 11.9 Å². The Morgan fingerprint density at radius 3 is 2.44 bits per heavy atom. The number of nitrogens with two attached hydrogens (primary N) is 1. The number of hydrogen-bond donors (Lipinski definition) is 3. The van der Waals surface area contributed by atoms with Crippen LogP contribution in [0.2, 0.25) is 0 Å². The number of benzene rings is 2. The van der Waals surface area contributed by atoms with Crippen molar-refractivity contribution in [3.05, 3.63) is 75.4 Å². The van der Waals surface area contributed by atoms with Crippen LogP contribution in [0.1, 0.15) is 4.88 Å². The van der Waals surface area contributed by atoms with Gasteiger partial charge in [-0.1, -0.05) is 28.1 Å². The Bertz CT molecular complexity index is 892. The van der Waals surface area contributed by atoms with Gasteiger partial charge in [0.05, 0.1) is 10.6 Å². The number of carbonyl (C=O) groups excluding carboxylic acids is 1. The van der Waals surface area contributed by atoms with E-state index in [1.807, 2.05) is 41.8 Å². The van der Waals surface area contributed by atoms with Crippen LogP contribution in [0.3, 0.4) is 0 Å². The molecule has 0 fully saturated rings. The summed E-state index contributed by atoms with van der Waals surface area (Å²) >= 11 is 4.91. The Balaban J connectivity index is 1.62. The quantitative estimate of drug-likeness (QED) is 0.405. The van der Waals surface area contributed by atoms with Crippen molar-refractivity contribution in [2.24, 2.45) is 10.7 Å². The molecular weight excluding hydrogens is 400 g/mol. The van der Waals surface area contributed by atoms with Crippen molar-refractivity contribution in [2.45, 2.75) is 0 Å². The largest absolute Gasteiger partial charge is 0.383 e. The number of amidine groups is 1. The smallest absolute Gasteiger partial charge is 0.323 e. The van der Waals surface area contributed by atoms with Gasteiger partial charge in [-0.15, -0.1) is 11.3 Å². The Morgan fingerprint density at radius 1 is 1.00 bits per heavy atom. The second kappa shape index (κ2) is 7.96. The van der Waals surface area contributed by atoms with Crippen molar-refractivity contribution in [2.75, 3.05) is 10.6 Å². The molecular formula is C18H15BrN4OS. The molecule has 1 aromatic heterocycles. The maximum absolute atomic E-state index is 12.0. The number of hydrogen-bond acceptors (Lipinski definition) is 3. The summed E-state index contributed by atoms with van der Waals surface area (Å²) in [5, 5.41) is 7.50. The molecule has 25 heavy (non-hydrogen) atoms. The molecule has 0 saturated carbocycles. The molecule has 0 radical (unpaired) electrons. The van der Waals surface area contributed by atoms with Crippen LogP contribution in [0.25, 0.3) is 0 Å². The van der Waals surface area contributed by atoms with Crippen molar-refractivity contribution in [1.82, 2.24) is 0 Å². The van der Waals surface area contributed by atoms with Gasteiger partial charge in [-0.3, -0.25) is 0 Å². The van der Waals surface area contributed by atoms with E-state index in [9.17, 15) is 4.79 Å². The lowest BCUT2D eigenvalue weighted by Crippen LogP contribution is -2.19. The van der Waals surface area contributed by atoms with Crippen LogP contribution in [0.4, 0.5) is 21.9 Å². The Morgan fingerprint density at radius 2 is 1.76 bits per heavy atom. The lowest BCUT2D eigenvalue weighted by Gasteiger charge is -2.08. The van der Waals surface area contributed by atoms with Crippen LogP contribution in [-0.2, 0) is 0 Å². The van der Waals surface area contributed by atoms with Gasteiger partial charge in [-0.25, -0.2) is 9.79 Å². The summed E-state index contributed by atoms with van der Waals surface area (Å²) in [6, 6.07) is 18.1. The predicted octanol–water partition coefficient (Wildman–Crippen LogP) is 5.19. The van der Waals surface area contributed by atoms with Gasteiger partial charge in [0.15, 0.2) is 0 Å². The van der Waals surface area contributed by atoms with Gasteiger partial charge in [-0.2, -0.15) is 0 Å². The zero-order chi connectivity index (χ0) is 17.6. The number of urea groups is 1. The molecule has 2 aromatic carbocycles. The van der Waals surface area contributed by atoms with Gasteiger partial charge < -0.3 is 16.4 Å². The fourth-order valence-electron chi connectivity index (χ4n) is 2.10. The average Bonchev–Trinajstić information content (AvgIpc) is 3.11. The van der Waals surface area contributed by atoms with E-state index in [-0.39, 0.29) is 6.03 Å². The number of anilines is 2. The van der Waals surface area contributed by atoms with E-state index in [1.54, 1.807) is 24.3 Å². The summed E-state index contributed by atoms with van der Waals surface area (Å²) in [7, 11) is 0. The van der Waals surface area contributed by atoms with Gasteiger partial charge in [0, 0.05) is 15.8 Å². The normalized spacial score (nSPS) is 11.2. The summed E-state index contributed by atoms with van der Waals surface area (Å²) in [6.07, 6.45) is 0. The van der Waals surface area contributed by atoms with Gasteiger partial charge >= 0.3 is 6.03 Å². The zero-order valence-corrected chi connectivity index (χ0v) is 15.5. The highest BCUT2D eigenvalue weighted by Crippen LogP contribution is 2.19. The van der Waals surface area contributed by atoms with Gasteiger partial charge in [0.1, 0.15) is 5.84 Å². The molecule has 0 spiro atoms. The molecule has 4 N–H and O–H groups in total. The fraction of sp³-hybridized carbons (Fsp3) is 0. The van der Waals surface area contributed by atoms with Crippen molar-refractivity contribution in [3.8, 4) is 0 Å². The molecule has 7 heteroatoms. The summed E-state index contributed by atoms with van der Waals surface area (Å²) in [6.45, 7) is 0. The molecule has 1 heterocycles. The first kappa shape index (κ1) is 17.2. The average molecular weight is 415 g/mol. The highest BCUT2D eigenvalue weighted by Gasteiger charge is 2.04. The molecule has 0 bridgehead atoms. The molecule has 0 unspecified atom stereocenters. The number of halogens is 1. The first-order chi connectivity index (χ1) is 12.1. The summed E-state index contributed by atoms with van der Waals surface area (Å²) in [5.41, 5.74) is 8.06. The van der Waals surface area contributed by atoms with E-state index in [0.29, 0.717) is 17.2 Å². The predicted molar refractivity (Wildman–Crippen MR) is 108 cm³/mol. The number of aliphatic imine (C=N–C) groups is 1. The Kier molecular flexibility index (Phi) is 5.47. The molecule has 0 aliphatic heterocycles. The first-order valence-corrected chi connectivity index (χ1v) is 9.09. The molecule has 5 nitrogen and oxygen atoms in total. The number of nitrogens with one attached hydrogen (secondary N) is 2. The molecule has 3 aromatic rings. The number of carbonyl (C=O) groups is 1.